The molecular weight excluding hydrogens is 467 g/mol. The van der Waals surface area contributed by atoms with Gasteiger partial charge >= 0.3 is 0 Å². The maximum atomic E-state index is 13.2. The first-order chi connectivity index (χ1) is 14.4. The van der Waals surface area contributed by atoms with Crippen molar-refractivity contribution in [3.05, 3.63) is 68.6 Å². The number of hydrogen-bond donors (Lipinski definition) is 1. The van der Waals surface area contributed by atoms with Gasteiger partial charge in [-0.05, 0) is 49.2 Å². The average molecular weight is 483 g/mol. The summed E-state index contributed by atoms with van der Waals surface area (Å²) in [4.78, 5) is 12.5. The second-order valence-corrected chi connectivity index (χ2v) is 10.3. The largest absolute Gasteiger partial charge is 0.320 e. The zero-order valence-electron chi connectivity index (χ0n) is 15.5. The van der Waals surface area contributed by atoms with Crippen LogP contribution in [0.25, 0.3) is 0 Å². The molecular formula is C19H16Cl2N4O3S2. The molecule has 2 aromatic carbocycles. The Hall–Kier alpha value is -2.04. The van der Waals surface area contributed by atoms with Gasteiger partial charge in [0, 0.05) is 17.3 Å². The summed E-state index contributed by atoms with van der Waals surface area (Å²) in [5.41, 5.74) is 0.574. The second kappa shape index (κ2) is 8.60. The minimum absolute atomic E-state index is 0.0591. The molecule has 1 fully saturated rings. The van der Waals surface area contributed by atoms with E-state index < -0.39 is 22.0 Å². The van der Waals surface area contributed by atoms with Crippen molar-refractivity contribution < 1.29 is 13.2 Å². The normalized spacial score (nSPS) is 17.2. The van der Waals surface area contributed by atoms with E-state index in [1.54, 1.807) is 42.5 Å². The Morgan fingerprint density at radius 2 is 1.83 bits per heavy atom. The SMILES string of the molecule is O=C(Nc1ccc(Cl)cc1)c1nnc([C@@H]2CCCN2S(=O)(=O)c2ccccc2Cl)s1. The van der Waals surface area contributed by atoms with Crippen molar-refractivity contribution in [1.29, 1.82) is 0 Å². The summed E-state index contributed by atoms with van der Waals surface area (Å²) in [5, 5.41) is 12.2. The Labute approximate surface area is 187 Å². The Balaban J connectivity index is 1.55. The molecule has 30 heavy (non-hydrogen) atoms. The number of nitrogens with zero attached hydrogens (tertiary/aromatic N) is 3. The molecule has 1 aliphatic heterocycles. The molecule has 1 aromatic heterocycles. The third-order valence-corrected chi connectivity index (χ3v) is 8.33. The molecule has 1 saturated heterocycles. The lowest BCUT2D eigenvalue weighted by Gasteiger charge is -2.22. The highest BCUT2D eigenvalue weighted by Crippen LogP contribution is 2.39. The molecule has 4 rings (SSSR count). The third-order valence-electron chi connectivity index (χ3n) is 4.65. The smallest absolute Gasteiger partial charge is 0.286 e. The van der Waals surface area contributed by atoms with E-state index in [0.717, 1.165) is 11.3 Å². The summed E-state index contributed by atoms with van der Waals surface area (Å²) in [7, 11) is -3.80. The highest BCUT2D eigenvalue weighted by Gasteiger charge is 2.39. The molecule has 2 heterocycles. The van der Waals surface area contributed by atoms with Crippen molar-refractivity contribution in [2.75, 3.05) is 11.9 Å². The van der Waals surface area contributed by atoms with Crippen LogP contribution in [0.2, 0.25) is 10.0 Å². The van der Waals surface area contributed by atoms with Gasteiger partial charge in [0.25, 0.3) is 5.91 Å². The molecule has 156 valence electrons. The molecule has 7 nitrogen and oxygen atoms in total. The zero-order valence-corrected chi connectivity index (χ0v) is 18.6. The van der Waals surface area contributed by atoms with Crippen LogP contribution in [0, 0.1) is 0 Å². The Bertz CT molecular complexity index is 1180. The molecule has 1 aliphatic rings. The molecule has 0 bridgehead atoms. The van der Waals surface area contributed by atoms with Crippen molar-refractivity contribution in [1.82, 2.24) is 14.5 Å². The highest BCUT2D eigenvalue weighted by molar-refractivity contribution is 7.89. The van der Waals surface area contributed by atoms with Crippen LogP contribution in [0.5, 0.6) is 0 Å². The van der Waals surface area contributed by atoms with Crippen LogP contribution < -0.4 is 5.32 Å². The van der Waals surface area contributed by atoms with Crippen molar-refractivity contribution in [2.45, 2.75) is 23.8 Å². The first kappa shape index (κ1) is 21.2. The fraction of sp³-hybridized carbons (Fsp3) is 0.211. The summed E-state index contributed by atoms with van der Waals surface area (Å²) < 4.78 is 27.7. The lowest BCUT2D eigenvalue weighted by atomic mass is 10.2. The predicted octanol–water partition coefficient (Wildman–Crippen LogP) is 4.62. The predicted molar refractivity (Wildman–Crippen MR) is 117 cm³/mol. The van der Waals surface area contributed by atoms with Gasteiger partial charge in [-0.15, -0.1) is 10.2 Å². The number of carbonyl (C=O) groups excluding carboxylic acids is 1. The van der Waals surface area contributed by atoms with Gasteiger partial charge in [-0.2, -0.15) is 4.31 Å². The first-order valence-corrected chi connectivity index (χ1v) is 12.0. The number of rotatable bonds is 5. The van der Waals surface area contributed by atoms with Gasteiger partial charge in [-0.25, -0.2) is 8.42 Å². The lowest BCUT2D eigenvalue weighted by molar-refractivity contribution is 0.102. The van der Waals surface area contributed by atoms with E-state index in [-0.39, 0.29) is 14.9 Å². The van der Waals surface area contributed by atoms with Gasteiger partial charge < -0.3 is 5.32 Å². The second-order valence-electron chi connectivity index (χ2n) is 6.61. The maximum Gasteiger partial charge on any atom is 0.286 e. The monoisotopic (exact) mass is 482 g/mol. The van der Waals surface area contributed by atoms with Gasteiger partial charge in [-0.3, -0.25) is 4.79 Å². The van der Waals surface area contributed by atoms with E-state index in [4.69, 9.17) is 23.2 Å². The number of nitrogens with one attached hydrogen (secondary N) is 1. The van der Waals surface area contributed by atoms with E-state index in [2.05, 4.69) is 15.5 Å². The fourth-order valence-corrected chi connectivity index (χ4v) is 6.47. The van der Waals surface area contributed by atoms with E-state index in [1.165, 1.54) is 10.4 Å². The molecule has 0 saturated carbocycles. The Morgan fingerprint density at radius 1 is 1.10 bits per heavy atom. The molecule has 3 aromatic rings. The first-order valence-electron chi connectivity index (χ1n) is 9.03. The minimum Gasteiger partial charge on any atom is -0.320 e. The van der Waals surface area contributed by atoms with Crippen LogP contribution in [0.4, 0.5) is 5.69 Å². The van der Waals surface area contributed by atoms with E-state index in [1.807, 2.05) is 0 Å². The Morgan fingerprint density at radius 3 is 2.57 bits per heavy atom. The topological polar surface area (TPSA) is 92.3 Å². The molecule has 0 aliphatic carbocycles. The third kappa shape index (κ3) is 4.21. The molecule has 1 amide bonds. The fourth-order valence-electron chi connectivity index (χ4n) is 3.23. The van der Waals surface area contributed by atoms with Crippen LogP contribution in [-0.2, 0) is 10.0 Å². The number of sulfonamides is 1. The molecule has 11 heteroatoms. The highest BCUT2D eigenvalue weighted by atomic mass is 35.5. The molecule has 1 N–H and O–H groups in total. The summed E-state index contributed by atoms with van der Waals surface area (Å²) in [6.45, 7) is 0.351. The minimum atomic E-state index is -3.80. The van der Waals surface area contributed by atoms with Crippen molar-refractivity contribution in [3.63, 3.8) is 0 Å². The number of carbonyl (C=O) groups is 1. The summed E-state index contributed by atoms with van der Waals surface area (Å²) >= 11 is 13.1. The van der Waals surface area contributed by atoms with Gasteiger partial charge in [0.15, 0.2) is 0 Å². The molecule has 0 unspecified atom stereocenters. The number of anilines is 1. The van der Waals surface area contributed by atoms with Gasteiger partial charge in [0.05, 0.1) is 11.1 Å². The summed E-state index contributed by atoms with van der Waals surface area (Å²) in [6, 6.07) is 12.5. The summed E-state index contributed by atoms with van der Waals surface area (Å²) in [5.74, 6) is -0.417. The number of amides is 1. The molecule has 0 radical (unpaired) electrons. The Kier molecular flexibility index (Phi) is 6.08. The maximum absolute atomic E-state index is 13.2. The average Bonchev–Trinajstić information content (AvgIpc) is 3.39. The standard InChI is InChI=1S/C19H16Cl2N4O3S2/c20-12-7-9-13(10-8-12)22-17(26)19-24-23-18(29-19)15-5-3-11-25(15)30(27,28)16-6-2-1-4-14(16)21/h1-2,4,6-10,15H,3,5,11H2,(H,22,26)/t15-/m0/s1. The van der Waals surface area contributed by atoms with Crippen LogP contribution in [0.15, 0.2) is 53.4 Å². The molecule has 0 spiro atoms. The number of benzene rings is 2. The van der Waals surface area contributed by atoms with Crippen LogP contribution in [0.3, 0.4) is 0 Å². The van der Waals surface area contributed by atoms with Crippen LogP contribution >= 0.6 is 34.5 Å². The van der Waals surface area contributed by atoms with Gasteiger partial charge in [0.2, 0.25) is 15.0 Å². The van der Waals surface area contributed by atoms with Crippen molar-refractivity contribution in [2.24, 2.45) is 0 Å². The van der Waals surface area contributed by atoms with Gasteiger partial charge in [-0.1, -0.05) is 46.7 Å². The zero-order chi connectivity index (χ0) is 21.3. The lowest BCUT2D eigenvalue weighted by Crippen LogP contribution is -2.30. The number of aromatic nitrogens is 2. The number of halogens is 2. The van der Waals surface area contributed by atoms with E-state index >= 15 is 0 Å². The van der Waals surface area contributed by atoms with Crippen LogP contribution in [0.1, 0.15) is 33.7 Å². The van der Waals surface area contributed by atoms with E-state index in [9.17, 15) is 13.2 Å². The number of hydrogen-bond acceptors (Lipinski definition) is 6. The van der Waals surface area contributed by atoms with Crippen LogP contribution in [-0.4, -0.2) is 35.4 Å². The van der Waals surface area contributed by atoms with Crippen molar-refractivity contribution >= 4 is 56.2 Å². The quantitative estimate of drug-likeness (QED) is 0.572. The van der Waals surface area contributed by atoms with Crippen molar-refractivity contribution in [3.8, 4) is 0 Å². The van der Waals surface area contributed by atoms with E-state index in [0.29, 0.717) is 35.1 Å². The molecule has 1 atom stereocenters. The summed E-state index contributed by atoms with van der Waals surface area (Å²) in [6.07, 6.45) is 1.28. The van der Waals surface area contributed by atoms with Gasteiger partial charge in [0.1, 0.15) is 9.90 Å².